The lowest BCUT2D eigenvalue weighted by Gasteiger charge is -2.25. The Morgan fingerprint density at radius 3 is 2.59 bits per heavy atom. The summed E-state index contributed by atoms with van der Waals surface area (Å²) in [7, 11) is 0. The Balaban J connectivity index is 1.41. The van der Waals surface area contributed by atoms with Crippen molar-refractivity contribution in [3.8, 4) is 16.9 Å². The van der Waals surface area contributed by atoms with Crippen LogP contribution in [-0.4, -0.2) is 28.2 Å². The molecule has 0 aliphatic carbocycles. The molecule has 112 valence electrons. The first-order valence-corrected chi connectivity index (χ1v) is 8.33. The molecule has 3 saturated heterocycles. The van der Waals surface area contributed by atoms with Crippen molar-refractivity contribution in [1.29, 1.82) is 0 Å². The maximum Gasteiger partial charge on any atom is 0.156 e. The normalized spacial score (nSPS) is 32.5. The van der Waals surface area contributed by atoms with Crippen molar-refractivity contribution in [1.82, 2.24) is 9.88 Å². The van der Waals surface area contributed by atoms with Crippen LogP contribution in [0.2, 0.25) is 0 Å². The highest BCUT2D eigenvalue weighted by Crippen LogP contribution is 2.50. The SMILES string of the molecule is c1cncc(-c2cccc(OC3C4C[C@H]5CC[C@@H](C4)N35)c2)c1. The van der Waals surface area contributed by atoms with Crippen molar-refractivity contribution in [2.24, 2.45) is 5.92 Å². The second-order valence-corrected chi connectivity index (χ2v) is 6.84. The van der Waals surface area contributed by atoms with E-state index in [1.165, 1.54) is 31.2 Å². The highest BCUT2D eigenvalue weighted by molar-refractivity contribution is 5.63. The minimum Gasteiger partial charge on any atom is -0.475 e. The number of hydrogen-bond acceptors (Lipinski definition) is 3. The van der Waals surface area contributed by atoms with Crippen molar-refractivity contribution in [2.75, 3.05) is 0 Å². The summed E-state index contributed by atoms with van der Waals surface area (Å²) in [6, 6.07) is 14.1. The molecule has 3 aliphatic rings. The summed E-state index contributed by atoms with van der Waals surface area (Å²) in [6.07, 6.45) is 9.44. The Kier molecular flexibility index (Phi) is 2.77. The molecule has 0 amide bonds. The van der Waals surface area contributed by atoms with Crippen LogP contribution in [0, 0.1) is 5.92 Å². The second-order valence-electron chi connectivity index (χ2n) is 6.84. The third kappa shape index (κ3) is 1.88. The fourth-order valence-corrected chi connectivity index (χ4v) is 4.73. The molecule has 1 aromatic heterocycles. The molecule has 5 rings (SSSR count). The Morgan fingerprint density at radius 1 is 1.00 bits per heavy atom. The van der Waals surface area contributed by atoms with Gasteiger partial charge in [-0.2, -0.15) is 0 Å². The standard InChI is InChI=1S/C19H20N2O/c1-3-13(14-4-2-8-20-12-14)11-18(5-1)22-19-15-9-16-6-7-17(10-15)21(16)19/h1-5,8,11-12,15-17,19H,6-7,9-10H2/t15?,16-,17+,19?. The van der Waals surface area contributed by atoms with E-state index in [9.17, 15) is 0 Å². The van der Waals surface area contributed by atoms with E-state index in [2.05, 4.69) is 40.2 Å². The number of rotatable bonds is 3. The highest BCUT2D eigenvalue weighted by Gasteiger charge is 2.55. The minimum atomic E-state index is 0.307. The maximum absolute atomic E-state index is 6.41. The zero-order chi connectivity index (χ0) is 14.5. The van der Waals surface area contributed by atoms with E-state index in [0.29, 0.717) is 6.23 Å². The molecule has 2 bridgehead atoms. The van der Waals surface area contributed by atoms with Gasteiger partial charge >= 0.3 is 0 Å². The first-order valence-electron chi connectivity index (χ1n) is 8.33. The van der Waals surface area contributed by atoms with E-state index in [-0.39, 0.29) is 0 Å². The zero-order valence-electron chi connectivity index (χ0n) is 12.6. The van der Waals surface area contributed by atoms with E-state index >= 15 is 0 Å². The molecule has 0 saturated carbocycles. The van der Waals surface area contributed by atoms with Gasteiger partial charge in [0.15, 0.2) is 6.23 Å². The fourth-order valence-electron chi connectivity index (χ4n) is 4.73. The van der Waals surface area contributed by atoms with Gasteiger partial charge in [-0.3, -0.25) is 9.88 Å². The minimum absolute atomic E-state index is 0.307. The van der Waals surface area contributed by atoms with Crippen molar-refractivity contribution >= 4 is 0 Å². The number of hydrogen-bond donors (Lipinski definition) is 0. The molecule has 1 aromatic carbocycles. The molecule has 3 fully saturated rings. The number of ether oxygens (including phenoxy) is 1. The van der Waals surface area contributed by atoms with Crippen LogP contribution in [0.5, 0.6) is 5.75 Å². The smallest absolute Gasteiger partial charge is 0.156 e. The largest absolute Gasteiger partial charge is 0.475 e. The molecule has 0 spiro atoms. The van der Waals surface area contributed by atoms with Crippen LogP contribution in [0.4, 0.5) is 0 Å². The molecule has 4 heterocycles. The first kappa shape index (κ1) is 12.7. The van der Waals surface area contributed by atoms with E-state index in [1.807, 2.05) is 18.5 Å². The van der Waals surface area contributed by atoms with Gasteiger partial charge in [0.05, 0.1) is 0 Å². The van der Waals surface area contributed by atoms with Crippen LogP contribution >= 0.6 is 0 Å². The average molecular weight is 292 g/mol. The topological polar surface area (TPSA) is 25.4 Å². The van der Waals surface area contributed by atoms with Crippen LogP contribution in [-0.2, 0) is 0 Å². The summed E-state index contributed by atoms with van der Waals surface area (Å²) in [6.45, 7) is 0. The van der Waals surface area contributed by atoms with E-state index in [0.717, 1.165) is 29.3 Å². The van der Waals surface area contributed by atoms with Crippen molar-refractivity contribution in [2.45, 2.75) is 44.0 Å². The van der Waals surface area contributed by atoms with Gasteiger partial charge in [-0.15, -0.1) is 0 Å². The Morgan fingerprint density at radius 2 is 1.82 bits per heavy atom. The number of nitrogens with zero attached hydrogens (tertiary/aromatic N) is 2. The molecule has 0 N–H and O–H groups in total. The molecule has 3 nitrogen and oxygen atoms in total. The number of aromatic nitrogens is 1. The van der Waals surface area contributed by atoms with Gasteiger partial charge in [0, 0.05) is 36.0 Å². The van der Waals surface area contributed by atoms with Gasteiger partial charge < -0.3 is 4.74 Å². The van der Waals surface area contributed by atoms with Gasteiger partial charge in [0.25, 0.3) is 0 Å². The Labute approximate surface area is 130 Å². The number of benzene rings is 1. The zero-order valence-corrected chi connectivity index (χ0v) is 12.6. The number of fused-ring (bicyclic) bond motifs is 1. The second kappa shape index (κ2) is 4.82. The quantitative estimate of drug-likeness (QED) is 0.862. The van der Waals surface area contributed by atoms with E-state index < -0.39 is 0 Å². The average Bonchev–Trinajstić information content (AvgIpc) is 3.15. The lowest BCUT2D eigenvalue weighted by molar-refractivity contribution is 0.0542. The summed E-state index contributed by atoms with van der Waals surface area (Å²) in [5.74, 6) is 1.73. The first-order chi connectivity index (χ1) is 10.9. The van der Waals surface area contributed by atoms with Crippen LogP contribution in [0.3, 0.4) is 0 Å². The predicted molar refractivity (Wildman–Crippen MR) is 85.5 cm³/mol. The van der Waals surface area contributed by atoms with Gasteiger partial charge in [0.1, 0.15) is 5.75 Å². The van der Waals surface area contributed by atoms with Crippen molar-refractivity contribution in [3.63, 3.8) is 0 Å². The molecule has 3 aliphatic heterocycles. The lowest BCUT2D eigenvalue weighted by Crippen LogP contribution is -2.36. The lowest BCUT2D eigenvalue weighted by atomic mass is 10.0. The van der Waals surface area contributed by atoms with Gasteiger partial charge in [-0.05, 0) is 49.4 Å². The van der Waals surface area contributed by atoms with E-state index in [1.54, 1.807) is 0 Å². The summed E-state index contributed by atoms with van der Waals surface area (Å²) >= 11 is 0. The van der Waals surface area contributed by atoms with Gasteiger partial charge in [0.2, 0.25) is 0 Å². The molecule has 3 heteroatoms. The molecule has 0 radical (unpaired) electrons. The summed E-state index contributed by atoms with van der Waals surface area (Å²) in [5.41, 5.74) is 2.32. The third-order valence-corrected chi connectivity index (χ3v) is 5.61. The molecule has 2 aromatic rings. The Hall–Kier alpha value is -1.87. The van der Waals surface area contributed by atoms with Gasteiger partial charge in [-0.1, -0.05) is 18.2 Å². The van der Waals surface area contributed by atoms with Crippen LogP contribution in [0.15, 0.2) is 48.8 Å². The summed E-state index contributed by atoms with van der Waals surface area (Å²) in [5, 5.41) is 0. The monoisotopic (exact) mass is 292 g/mol. The molecular formula is C19H20N2O. The highest BCUT2D eigenvalue weighted by atomic mass is 16.5. The van der Waals surface area contributed by atoms with Crippen molar-refractivity contribution < 1.29 is 4.74 Å². The van der Waals surface area contributed by atoms with Gasteiger partial charge in [-0.25, -0.2) is 0 Å². The molecule has 2 unspecified atom stereocenters. The summed E-state index contributed by atoms with van der Waals surface area (Å²) < 4.78 is 6.41. The Bertz CT molecular complexity index is 673. The molecule has 4 atom stereocenters. The van der Waals surface area contributed by atoms with Crippen molar-refractivity contribution in [3.05, 3.63) is 48.8 Å². The molecule has 22 heavy (non-hydrogen) atoms. The maximum atomic E-state index is 6.41. The fraction of sp³-hybridized carbons (Fsp3) is 0.421. The third-order valence-electron chi connectivity index (χ3n) is 5.61. The van der Waals surface area contributed by atoms with E-state index in [4.69, 9.17) is 4.74 Å². The number of pyridine rings is 1. The molecular weight excluding hydrogens is 272 g/mol. The van der Waals surface area contributed by atoms with Crippen LogP contribution in [0.25, 0.3) is 11.1 Å². The van der Waals surface area contributed by atoms with Crippen LogP contribution in [0.1, 0.15) is 25.7 Å². The predicted octanol–water partition coefficient (Wildman–Crippen LogP) is 3.71. The summed E-state index contributed by atoms with van der Waals surface area (Å²) in [4.78, 5) is 6.86. The number of piperidine rings is 1. The van der Waals surface area contributed by atoms with Crippen LogP contribution < -0.4 is 4.74 Å².